The first-order chi connectivity index (χ1) is 13.1. The fourth-order valence-corrected chi connectivity index (χ4v) is 3.45. The van der Waals surface area contributed by atoms with E-state index in [1.165, 1.54) is 0 Å². The third-order valence-electron chi connectivity index (χ3n) is 4.39. The fourth-order valence-electron chi connectivity index (χ4n) is 2.96. The van der Waals surface area contributed by atoms with Gasteiger partial charge in [0.2, 0.25) is 11.7 Å². The molecule has 1 aromatic carbocycles. The maximum Gasteiger partial charge on any atom is 0.255 e. The van der Waals surface area contributed by atoms with E-state index in [-0.39, 0.29) is 5.91 Å². The number of benzene rings is 1. The van der Waals surface area contributed by atoms with Gasteiger partial charge >= 0.3 is 0 Å². The molecule has 1 fully saturated rings. The van der Waals surface area contributed by atoms with Crippen molar-refractivity contribution in [1.82, 2.24) is 19.9 Å². The van der Waals surface area contributed by atoms with Crippen LogP contribution < -0.4 is 0 Å². The van der Waals surface area contributed by atoms with Gasteiger partial charge in [-0.3, -0.25) is 9.69 Å². The van der Waals surface area contributed by atoms with Gasteiger partial charge in [-0.2, -0.15) is 4.98 Å². The number of amides is 1. The lowest BCUT2D eigenvalue weighted by Crippen LogP contribution is -2.48. The molecule has 0 radical (unpaired) electrons. The highest BCUT2D eigenvalue weighted by atomic mass is 35.5. The van der Waals surface area contributed by atoms with Crippen molar-refractivity contribution >= 4 is 29.1 Å². The average Bonchev–Trinajstić information content (AvgIpc) is 3.33. The average molecular weight is 407 g/mol. The van der Waals surface area contributed by atoms with Crippen LogP contribution in [0.5, 0.6) is 0 Å². The largest absolute Gasteiger partial charge is 0.461 e. The van der Waals surface area contributed by atoms with Gasteiger partial charge in [-0.25, -0.2) is 0 Å². The summed E-state index contributed by atoms with van der Waals surface area (Å²) in [7, 11) is 0. The Morgan fingerprint density at radius 3 is 2.67 bits per heavy atom. The summed E-state index contributed by atoms with van der Waals surface area (Å²) in [5.74, 6) is 1.43. The second-order valence-electron chi connectivity index (χ2n) is 6.18. The number of halogens is 2. The summed E-state index contributed by atoms with van der Waals surface area (Å²) in [5.41, 5.74) is 0.467. The Kier molecular flexibility index (Phi) is 5.15. The van der Waals surface area contributed by atoms with Gasteiger partial charge < -0.3 is 13.8 Å². The molecular weight excluding hydrogens is 391 g/mol. The zero-order valence-corrected chi connectivity index (χ0v) is 15.8. The zero-order chi connectivity index (χ0) is 18.8. The molecule has 0 unspecified atom stereocenters. The first-order valence-electron chi connectivity index (χ1n) is 8.43. The predicted octanol–water partition coefficient (Wildman–Crippen LogP) is 3.59. The summed E-state index contributed by atoms with van der Waals surface area (Å²) in [6, 6.07) is 8.46. The van der Waals surface area contributed by atoms with Crippen LogP contribution in [0.1, 0.15) is 16.2 Å². The number of nitrogens with zero attached hydrogens (tertiary/aromatic N) is 4. The minimum absolute atomic E-state index is 0.0887. The van der Waals surface area contributed by atoms with Gasteiger partial charge in [0.1, 0.15) is 0 Å². The Hall–Kier alpha value is -2.35. The monoisotopic (exact) mass is 406 g/mol. The highest BCUT2D eigenvalue weighted by Gasteiger charge is 2.25. The van der Waals surface area contributed by atoms with E-state index < -0.39 is 0 Å². The van der Waals surface area contributed by atoms with Crippen molar-refractivity contribution in [3.8, 4) is 11.6 Å². The van der Waals surface area contributed by atoms with E-state index in [0.717, 1.165) is 0 Å². The van der Waals surface area contributed by atoms with Crippen molar-refractivity contribution in [2.45, 2.75) is 6.54 Å². The molecule has 2 aromatic heterocycles. The van der Waals surface area contributed by atoms with Crippen LogP contribution in [0.15, 0.2) is 45.5 Å². The molecule has 3 heterocycles. The third-order valence-corrected chi connectivity index (χ3v) is 4.94. The van der Waals surface area contributed by atoms with Gasteiger partial charge in [0.15, 0.2) is 5.76 Å². The number of piperazine rings is 1. The normalized spacial score (nSPS) is 15.3. The van der Waals surface area contributed by atoms with Gasteiger partial charge in [-0.1, -0.05) is 28.4 Å². The molecule has 0 saturated carbocycles. The van der Waals surface area contributed by atoms with Crippen molar-refractivity contribution in [2.75, 3.05) is 26.2 Å². The van der Waals surface area contributed by atoms with Crippen LogP contribution in [0.3, 0.4) is 0 Å². The molecule has 0 bridgehead atoms. The topological polar surface area (TPSA) is 75.6 Å². The van der Waals surface area contributed by atoms with Gasteiger partial charge in [0.05, 0.1) is 23.4 Å². The predicted molar refractivity (Wildman–Crippen MR) is 99.6 cm³/mol. The lowest BCUT2D eigenvalue weighted by atomic mass is 10.2. The van der Waals surface area contributed by atoms with Gasteiger partial charge in [-0.05, 0) is 30.3 Å². The Morgan fingerprint density at radius 1 is 1.15 bits per heavy atom. The van der Waals surface area contributed by atoms with E-state index in [2.05, 4.69) is 15.0 Å². The molecule has 3 aromatic rings. The first-order valence-corrected chi connectivity index (χ1v) is 9.19. The van der Waals surface area contributed by atoms with Crippen LogP contribution >= 0.6 is 23.2 Å². The van der Waals surface area contributed by atoms with Gasteiger partial charge in [0, 0.05) is 31.2 Å². The molecule has 0 spiro atoms. The van der Waals surface area contributed by atoms with Crippen molar-refractivity contribution < 1.29 is 13.7 Å². The highest BCUT2D eigenvalue weighted by Crippen LogP contribution is 2.23. The summed E-state index contributed by atoms with van der Waals surface area (Å²) in [4.78, 5) is 20.9. The number of furan rings is 1. The standard InChI is InChI=1S/C18H16Cl2N4O3/c19-12-3-4-13(14(20)10-12)18(25)24-7-5-23(6-8-24)11-16-21-17(22-27-16)15-2-1-9-26-15/h1-4,9-10H,5-8,11H2. The number of carbonyl (C=O) groups is 1. The second-order valence-corrected chi connectivity index (χ2v) is 7.03. The van der Waals surface area contributed by atoms with E-state index in [1.807, 2.05) is 0 Å². The lowest BCUT2D eigenvalue weighted by Gasteiger charge is -2.34. The van der Waals surface area contributed by atoms with Crippen LogP contribution in [-0.4, -0.2) is 52.0 Å². The summed E-state index contributed by atoms with van der Waals surface area (Å²) in [6.07, 6.45) is 1.56. The second kappa shape index (κ2) is 7.72. The molecule has 1 amide bonds. The van der Waals surface area contributed by atoms with E-state index in [0.29, 0.717) is 65.8 Å². The van der Waals surface area contributed by atoms with E-state index in [1.54, 1.807) is 41.5 Å². The Bertz CT molecular complexity index is 934. The Labute approximate surface area is 165 Å². The Balaban J connectivity index is 1.34. The lowest BCUT2D eigenvalue weighted by molar-refractivity contribution is 0.0615. The van der Waals surface area contributed by atoms with E-state index in [9.17, 15) is 4.79 Å². The maximum absolute atomic E-state index is 12.7. The molecule has 0 atom stereocenters. The van der Waals surface area contributed by atoms with Crippen LogP contribution in [0.4, 0.5) is 0 Å². The summed E-state index contributed by atoms with van der Waals surface area (Å²) in [5, 5.41) is 4.80. The smallest absolute Gasteiger partial charge is 0.255 e. The summed E-state index contributed by atoms with van der Waals surface area (Å²) >= 11 is 12.0. The number of aromatic nitrogens is 2. The molecule has 1 aliphatic rings. The molecule has 140 valence electrons. The zero-order valence-electron chi connectivity index (χ0n) is 14.3. The first kappa shape index (κ1) is 18.0. The van der Waals surface area contributed by atoms with Crippen LogP contribution in [0.25, 0.3) is 11.6 Å². The minimum Gasteiger partial charge on any atom is -0.461 e. The molecule has 4 rings (SSSR count). The van der Waals surface area contributed by atoms with Gasteiger partial charge in [0.25, 0.3) is 5.91 Å². The molecular formula is C18H16Cl2N4O3. The quantitative estimate of drug-likeness (QED) is 0.658. The molecule has 7 nitrogen and oxygen atoms in total. The number of carbonyl (C=O) groups excluding carboxylic acids is 1. The van der Waals surface area contributed by atoms with E-state index in [4.69, 9.17) is 32.1 Å². The van der Waals surface area contributed by atoms with Gasteiger partial charge in [-0.15, -0.1) is 0 Å². The third kappa shape index (κ3) is 4.00. The molecule has 1 saturated heterocycles. The van der Waals surface area contributed by atoms with Crippen LogP contribution in [-0.2, 0) is 6.54 Å². The molecule has 27 heavy (non-hydrogen) atoms. The molecule has 0 aliphatic carbocycles. The molecule has 9 heteroatoms. The van der Waals surface area contributed by atoms with Crippen molar-refractivity contribution in [1.29, 1.82) is 0 Å². The number of hydrogen-bond donors (Lipinski definition) is 0. The fraction of sp³-hybridized carbons (Fsp3) is 0.278. The maximum atomic E-state index is 12.7. The van der Waals surface area contributed by atoms with E-state index >= 15 is 0 Å². The number of rotatable bonds is 4. The molecule has 1 aliphatic heterocycles. The summed E-state index contributed by atoms with van der Waals surface area (Å²) in [6.45, 7) is 3.12. The number of hydrogen-bond acceptors (Lipinski definition) is 6. The van der Waals surface area contributed by atoms with Crippen molar-refractivity contribution in [2.24, 2.45) is 0 Å². The van der Waals surface area contributed by atoms with Crippen LogP contribution in [0, 0.1) is 0 Å². The highest BCUT2D eigenvalue weighted by molar-refractivity contribution is 6.36. The summed E-state index contributed by atoms with van der Waals surface area (Å²) < 4.78 is 10.5. The SMILES string of the molecule is O=C(c1ccc(Cl)cc1Cl)N1CCN(Cc2nc(-c3ccco3)no2)CC1. The van der Waals surface area contributed by atoms with Crippen molar-refractivity contribution in [3.63, 3.8) is 0 Å². The molecule has 0 N–H and O–H groups in total. The Morgan fingerprint density at radius 2 is 1.96 bits per heavy atom. The minimum atomic E-state index is -0.0887. The van der Waals surface area contributed by atoms with Crippen LogP contribution in [0.2, 0.25) is 10.0 Å². The van der Waals surface area contributed by atoms with Crippen molar-refractivity contribution in [3.05, 3.63) is 58.1 Å².